The van der Waals surface area contributed by atoms with E-state index in [0.717, 1.165) is 23.8 Å². The highest BCUT2D eigenvalue weighted by atomic mass is 32.1. The van der Waals surface area contributed by atoms with E-state index in [4.69, 9.17) is 0 Å². The molecule has 0 saturated carbocycles. The number of anilines is 4. The van der Waals surface area contributed by atoms with Crippen molar-refractivity contribution >= 4 is 39.0 Å². The van der Waals surface area contributed by atoms with E-state index in [-0.39, 0.29) is 5.82 Å². The topological polar surface area (TPSA) is 70.1 Å². The number of benzene rings is 2. The molecule has 4 rings (SSSR count). The summed E-state index contributed by atoms with van der Waals surface area (Å²) in [6, 6.07) is 13.3. The van der Waals surface area contributed by atoms with Crippen LogP contribution in [0.5, 0.6) is 0 Å². The van der Waals surface area contributed by atoms with Crippen LogP contribution < -0.4 is 15.5 Å². The fourth-order valence-corrected chi connectivity index (χ4v) is 3.48. The zero-order valence-corrected chi connectivity index (χ0v) is 13.9. The summed E-state index contributed by atoms with van der Waals surface area (Å²) in [5.74, 6) is -0.356. The number of carbonyl (C=O) groups is 1. The predicted octanol–water partition coefficient (Wildman–Crippen LogP) is 4.02. The van der Waals surface area contributed by atoms with Crippen LogP contribution in [0.25, 0.3) is 0 Å². The van der Waals surface area contributed by atoms with Gasteiger partial charge in [-0.3, -0.25) is 5.32 Å². The van der Waals surface area contributed by atoms with E-state index in [1.54, 1.807) is 0 Å². The van der Waals surface area contributed by atoms with Crippen molar-refractivity contribution in [1.82, 2.24) is 10.2 Å². The summed E-state index contributed by atoms with van der Waals surface area (Å²) in [6.45, 7) is 0.843. The van der Waals surface area contributed by atoms with Crippen LogP contribution in [0.15, 0.2) is 48.5 Å². The van der Waals surface area contributed by atoms with Gasteiger partial charge in [0.05, 0.1) is 0 Å². The van der Waals surface area contributed by atoms with E-state index in [2.05, 4.69) is 37.9 Å². The fraction of sp³-hybridized carbons (Fsp3) is 0.118. The summed E-state index contributed by atoms with van der Waals surface area (Å²) in [7, 11) is 0. The van der Waals surface area contributed by atoms with Crippen molar-refractivity contribution in [3.63, 3.8) is 0 Å². The lowest BCUT2D eigenvalue weighted by Gasteiger charge is -2.14. The summed E-state index contributed by atoms with van der Waals surface area (Å²) < 4.78 is 12.9. The molecule has 8 heteroatoms. The van der Waals surface area contributed by atoms with E-state index in [0.29, 0.717) is 10.8 Å². The third kappa shape index (κ3) is 3.29. The monoisotopic (exact) mass is 355 g/mol. The summed E-state index contributed by atoms with van der Waals surface area (Å²) in [5, 5.41) is 14.6. The number of rotatable bonds is 3. The van der Waals surface area contributed by atoms with Crippen molar-refractivity contribution in [2.45, 2.75) is 6.42 Å². The van der Waals surface area contributed by atoms with Crippen LogP contribution in [-0.2, 0) is 6.42 Å². The highest BCUT2D eigenvalue weighted by Gasteiger charge is 2.23. The molecule has 0 aliphatic carbocycles. The number of halogens is 1. The number of hydrogen-bond donors (Lipinski definition) is 2. The minimum absolute atomic E-state index is 0.356. The number of amides is 2. The lowest BCUT2D eigenvalue weighted by atomic mass is 10.2. The molecule has 0 saturated heterocycles. The Bertz CT molecular complexity index is 911. The number of carbonyl (C=O) groups excluding carboxylic acids is 1. The normalized spacial score (nSPS) is 12.8. The SMILES string of the molecule is O=C(Nc1ccc(F)cc1)Nc1nnc(N2CCc3ccccc32)s1. The van der Waals surface area contributed by atoms with Crippen molar-refractivity contribution in [3.8, 4) is 0 Å². The second-order valence-corrected chi connectivity index (χ2v) is 6.46. The molecule has 0 radical (unpaired) electrons. The average molecular weight is 355 g/mol. The highest BCUT2D eigenvalue weighted by molar-refractivity contribution is 7.19. The lowest BCUT2D eigenvalue weighted by Crippen LogP contribution is -2.19. The van der Waals surface area contributed by atoms with E-state index in [1.807, 2.05) is 12.1 Å². The maximum Gasteiger partial charge on any atom is 0.325 e. The van der Waals surface area contributed by atoms with Gasteiger partial charge >= 0.3 is 6.03 Å². The van der Waals surface area contributed by atoms with E-state index in [1.165, 1.54) is 41.2 Å². The molecule has 3 aromatic rings. The van der Waals surface area contributed by atoms with Gasteiger partial charge < -0.3 is 10.2 Å². The minimum atomic E-state index is -0.448. The fourth-order valence-electron chi connectivity index (χ4n) is 2.70. The molecule has 1 aromatic heterocycles. The first-order valence-corrected chi connectivity index (χ1v) is 8.53. The Labute approximate surface area is 147 Å². The van der Waals surface area contributed by atoms with Crippen molar-refractivity contribution in [2.75, 3.05) is 22.1 Å². The number of para-hydroxylation sites is 1. The number of urea groups is 1. The van der Waals surface area contributed by atoms with E-state index in [9.17, 15) is 9.18 Å². The molecular formula is C17H14FN5OS. The van der Waals surface area contributed by atoms with Gasteiger partial charge in [0.25, 0.3) is 0 Å². The van der Waals surface area contributed by atoms with Gasteiger partial charge in [-0.2, -0.15) is 0 Å². The summed E-state index contributed by atoms with van der Waals surface area (Å²) in [6.07, 6.45) is 0.962. The van der Waals surface area contributed by atoms with Gasteiger partial charge in [-0.15, -0.1) is 10.2 Å². The largest absolute Gasteiger partial charge is 0.325 e. The van der Waals surface area contributed by atoms with Crippen LogP contribution in [0.4, 0.5) is 30.8 Å². The third-order valence-electron chi connectivity index (χ3n) is 3.85. The molecule has 126 valence electrons. The maximum absolute atomic E-state index is 12.9. The smallest absolute Gasteiger partial charge is 0.316 e. The molecule has 0 bridgehead atoms. The first-order valence-electron chi connectivity index (χ1n) is 7.71. The quantitative estimate of drug-likeness (QED) is 0.745. The molecule has 0 fully saturated rings. The Balaban J connectivity index is 1.43. The second-order valence-electron chi connectivity index (χ2n) is 5.51. The zero-order valence-electron chi connectivity index (χ0n) is 13.1. The Morgan fingerprint density at radius 2 is 1.88 bits per heavy atom. The van der Waals surface area contributed by atoms with Crippen LogP contribution in [0.3, 0.4) is 0 Å². The van der Waals surface area contributed by atoms with Crippen LogP contribution >= 0.6 is 11.3 Å². The number of hydrogen-bond acceptors (Lipinski definition) is 5. The molecule has 0 spiro atoms. The van der Waals surface area contributed by atoms with Crippen molar-refractivity contribution in [1.29, 1.82) is 0 Å². The minimum Gasteiger partial charge on any atom is -0.316 e. The number of fused-ring (bicyclic) bond motifs is 1. The van der Waals surface area contributed by atoms with Gasteiger partial charge in [-0.1, -0.05) is 29.5 Å². The van der Waals surface area contributed by atoms with Crippen molar-refractivity contribution < 1.29 is 9.18 Å². The Morgan fingerprint density at radius 1 is 1.08 bits per heavy atom. The summed E-state index contributed by atoms with van der Waals surface area (Å²) in [4.78, 5) is 14.1. The van der Waals surface area contributed by atoms with Gasteiger partial charge in [0.2, 0.25) is 10.3 Å². The molecule has 0 atom stereocenters. The highest BCUT2D eigenvalue weighted by Crippen LogP contribution is 2.36. The molecule has 25 heavy (non-hydrogen) atoms. The third-order valence-corrected chi connectivity index (χ3v) is 4.72. The summed E-state index contributed by atoms with van der Waals surface area (Å²) in [5.41, 5.74) is 2.90. The Kier molecular flexibility index (Phi) is 4.02. The molecule has 0 unspecified atom stereocenters. The first-order chi connectivity index (χ1) is 12.2. The van der Waals surface area contributed by atoms with Gasteiger partial charge in [-0.25, -0.2) is 9.18 Å². The molecule has 1 aliphatic rings. The van der Waals surface area contributed by atoms with Crippen LogP contribution in [-0.4, -0.2) is 22.8 Å². The molecular weight excluding hydrogens is 341 g/mol. The predicted molar refractivity (Wildman–Crippen MR) is 96.1 cm³/mol. The molecule has 1 aliphatic heterocycles. The summed E-state index contributed by atoms with van der Waals surface area (Å²) >= 11 is 1.31. The maximum atomic E-state index is 12.9. The molecule has 2 heterocycles. The molecule has 2 aromatic carbocycles. The lowest BCUT2D eigenvalue weighted by molar-refractivity contribution is 0.262. The van der Waals surface area contributed by atoms with Crippen LogP contribution in [0.1, 0.15) is 5.56 Å². The van der Waals surface area contributed by atoms with Crippen molar-refractivity contribution in [3.05, 3.63) is 59.9 Å². The van der Waals surface area contributed by atoms with Crippen LogP contribution in [0, 0.1) is 5.82 Å². The Morgan fingerprint density at radius 3 is 2.72 bits per heavy atom. The average Bonchev–Trinajstić information content (AvgIpc) is 3.23. The van der Waals surface area contributed by atoms with Crippen molar-refractivity contribution in [2.24, 2.45) is 0 Å². The standard InChI is InChI=1S/C17H14FN5OS/c18-12-5-7-13(8-6-12)19-15(24)20-16-21-22-17(25-16)23-10-9-11-3-1-2-4-14(11)23/h1-8H,9-10H2,(H2,19,20,21,24). The Hall–Kier alpha value is -3.00. The number of nitrogens with zero attached hydrogens (tertiary/aromatic N) is 3. The van der Waals surface area contributed by atoms with E-state index < -0.39 is 6.03 Å². The second kappa shape index (κ2) is 6.48. The van der Waals surface area contributed by atoms with Gasteiger partial charge in [-0.05, 0) is 42.3 Å². The number of aromatic nitrogens is 2. The molecule has 2 N–H and O–H groups in total. The van der Waals surface area contributed by atoms with Crippen LogP contribution in [0.2, 0.25) is 0 Å². The first kappa shape index (κ1) is 15.5. The van der Waals surface area contributed by atoms with Gasteiger partial charge in [0.1, 0.15) is 5.82 Å². The molecule has 2 amide bonds. The van der Waals surface area contributed by atoms with E-state index >= 15 is 0 Å². The van der Waals surface area contributed by atoms with Gasteiger partial charge in [0, 0.05) is 17.9 Å². The zero-order chi connectivity index (χ0) is 17.2. The van der Waals surface area contributed by atoms with Gasteiger partial charge in [0.15, 0.2) is 0 Å². The molecule has 6 nitrogen and oxygen atoms in total. The number of nitrogens with one attached hydrogen (secondary N) is 2.